The number of hydrogen-bond acceptors (Lipinski definition) is 2. The zero-order chi connectivity index (χ0) is 14.4. The molecule has 0 aliphatic carbocycles. The predicted octanol–water partition coefficient (Wildman–Crippen LogP) is 3.06. The van der Waals surface area contributed by atoms with Gasteiger partial charge in [-0.2, -0.15) is 0 Å². The zero-order valence-corrected chi connectivity index (χ0v) is 12.7. The number of nitrogens with two attached hydrogens (primary N) is 1. The van der Waals surface area contributed by atoms with Crippen LogP contribution in [0.2, 0.25) is 5.02 Å². The van der Waals surface area contributed by atoms with Crippen LogP contribution in [-0.2, 0) is 11.3 Å². The molecule has 0 spiro atoms. The van der Waals surface area contributed by atoms with Crippen molar-refractivity contribution < 1.29 is 4.79 Å². The Morgan fingerprint density at radius 1 is 1.42 bits per heavy atom. The molecule has 2 N–H and O–H groups in total. The monoisotopic (exact) mass is 282 g/mol. The van der Waals surface area contributed by atoms with Gasteiger partial charge in [-0.1, -0.05) is 37.6 Å². The van der Waals surface area contributed by atoms with Gasteiger partial charge in [-0.3, -0.25) is 4.79 Å². The summed E-state index contributed by atoms with van der Waals surface area (Å²) in [6.07, 6.45) is 0.713. The van der Waals surface area contributed by atoms with Gasteiger partial charge >= 0.3 is 0 Å². The van der Waals surface area contributed by atoms with Gasteiger partial charge in [0.25, 0.3) is 0 Å². The minimum atomic E-state index is -0.417. The average Bonchev–Trinajstić information content (AvgIpc) is 2.34. The van der Waals surface area contributed by atoms with Crippen LogP contribution in [0, 0.1) is 5.92 Å². The Bertz CT molecular complexity index is 420. The van der Waals surface area contributed by atoms with E-state index >= 15 is 0 Å². The topological polar surface area (TPSA) is 46.3 Å². The number of likely N-dealkylation sites (N-methyl/N-ethyl adjacent to an activating group) is 1. The molecular formula is C15H23ClN2O. The van der Waals surface area contributed by atoms with Gasteiger partial charge in [-0.05, 0) is 37.0 Å². The summed E-state index contributed by atoms with van der Waals surface area (Å²) >= 11 is 5.95. The molecule has 0 heterocycles. The fourth-order valence-corrected chi connectivity index (χ4v) is 2.26. The highest BCUT2D eigenvalue weighted by Gasteiger charge is 2.20. The Labute approximate surface area is 120 Å². The number of hydrogen-bond donors (Lipinski definition) is 1. The third kappa shape index (κ3) is 5.21. The fraction of sp³-hybridized carbons (Fsp3) is 0.533. The number of nitrogens with zero attached hydrogens (tertiary/aromatic N) is 1. The van der Waals surface area contributed by atoms with E-state index in [1.165, 1.54) is 0 Å². The van der Waals surface area contributed by atoms with Gasteiger partial charge in [-0.25, -0.2) is 0 Å². The average molecular weight is 283 g/mol. The molecule has 1 amide bonds. The van der Waals surface area contributed by atoms with Crippen molar-refractivity contribution in [2.24, 2.45) is 11.7 Å². The third-order valence-electron chi connectivity index (χ3n) is 3.00. The summed E-state index contributed by atoms with van der Waals surface area (Å²) in [5.74, 6) is 0.431. The smallest absolute Gasteiger partial charge is 0.239 e. The van der Waals surface area contributed by atoms with Crippen LogP contribution in [0.3, 0.4) is 0 Å². The third-order valence-corrected chi connectivity index (χ3v) is 3.23. The summed E-state index contributed by atoms with van der Waals surface area (Å²) in [5.41, 5.74) is 6.99. The summed E-state index contributed by atoms with van der Waals surface area (Å²) in [6, 6.07) is 7.15. The lowest BCUT2D eigenvalue weighted by molar-refractivity contribution is -0.133. The Kier molecular flexibility index (Phi) is 6.32. The van der Waals surface area contributed by atoms with E-state index in [4.69, 9.17) is 17.3 Å². The van der Waals surface area contributed by atoms with Gasteiger partial charge in [0.2, 0.25) is 5.91 Å². The Hall–Kier alpha value is -1.06. The van der Waals surface area contributed by atoms with Crippen LogP contribution >= 0.6 is 11.6 Å². The number of rotatable bonds is 6. The van der Waals surface area contributed by atoms with Crippen LogP contribution in [0.4, 0.5) is 0 Å². The Morgan fingerprint density at radius 2 is 2.11 bits per heavy atom. The van der Waals surface area contributed by atoms with Crippen LogP contribution < -0.4 is 5.73 Å². The first-order chi connectivity index (χ1) is 8.93. The summed E-state index contributed by atoms with van der Waals surface area (Å²) in [6.45, 7) is 7.31. The lowest BCUT2D eigenvalue weighted by atomic mass is 10.0. The molecule has 0 aliphatic heterocycles. The second-order valence-electron chi connectivity index (χ2n) is 5.22. The SMILES string of the molecule is CCN(Cc1cccc(Cl)c1)C(=O)[C@@H](N)CC(C)C. The molecule has 3 nitrogen and oxygen atoms in total. The predicted molar refractivity (Wildman–Crippen MR) is 80.0 cm³/mol. The van der Waals surface area contributed by atoms with Crippen molar-refractivity contribution in [3.63, 3.8) is 0 Å². The number of benzene rings is 1. The minimum Gasteiger partial charge on any atom is -0.337 e. The first-order valence-corrected chi connectivity index (χ1v) is 7.10. The molecule has 0 bridgehead atoms. The van der Waals surface area contributed by atoms with Crippen molar-refractivity contribution >= 4 is 17.5 Å². The van der Waals surface area contributed by atoms with Crippen LogP contribution in [0.25, 0.3) is 0 Å². The molecular weight excluding hydrogens is 260 g/mol. The molecule has 0 fully saturated rings. The van der Waals surface area contributed by atoms with E-state index in [1.54, 1.807) is 4.90 Å². The van der Waals surface area contributed by atoms with Crippen LogP contribution in [-0.4, -0.2) is 23.4 Å². The molecule has 0 aromatic heterocycles. The molecule has 1 aromatic carbocycles. The number of carbonyl (C=O) groups excluding carboxylic acids is 1. The Balaban J connectivity index is 2.70. The van der Waals surface area contributed by atoms with Crippen molar-refractivity contribution in [2.75, 3.05) is 6.54 Å². The summed E-state index contributed by atoms with van der Waals surface area (Å²) < 4.78 is 0. The number of carbonyl (C=O) groups is 1. The maximum atomic E-state index is 12.3. The van der Waals surface area contributed by atoms with Crippen molar-refractivity contribution in [1.82, 2.24) is 4.90 Å². The van der Waals surface area contributed by atoms with Gasteiger partial charge < -0.3 is 10.6 Å². The lowest BCUT2D eigenvalue weighted by Gasteiger charge is -2.25. The van der Waals surface area contributed by atoms with E-state index in [-0.39, 0.29) is 5.91 Å². The summed E-state index contributed by atoms with van der Waals surface area (Å²) in [4.78, 5) is 14.0. The minimum absolute atomic E-state index is 0.0103. The van der Waals surface area contributed by atoms with Gasteiger partial charge in [0, 0.05) is 18.1 Å². The van der Waals surface area contributed by atoms with Crippen molar-refractivity contribution in [2.45, 2.75) is 39.8 Å². The number of amides is 1. The van der Waals surface area contributed by atoms with E-state index in [0.29, 0.717) is 30.5 Å². The van der Waals surface area contributed by atoms with E-state index in [2.05, 4.69) is 13.8 Å². The molecule has 1 aromatic rings. The summed E-state index contributed by atoms with van der Waals surface area (Å²) in [5, 5.41) is 0.687. The highest BCUT2D eigenvalue weighted by atomic mass is 35.5. The second-order valence-corrected chi connectivity index (χ2v) is 5.65. The van der Waals surface area contributed by atoms with Crippen LogP contribution in [0.5, 0.6) is 0 Å². The first kappa shape index (κ1) is 16.0. The van der Waals surface area contributed by atoms with Crippen LogP contribution in [0.1, 0.15) is 32.8 Å². The zero-order valence-electron chi connectivity index (χ0n) is 11.9. The standard InChI is InChI=1S/C15H23ClN2O/c1-4-18(15(19)14(17)8-11(2)3)10-12-6-5-7-13(16)9-12/h5-7,9,11,14H,4,8,10,17H2,1-3H3/t14-/m0/s1. The van der Waals surface area contributed by atoms with Gasteiger partial charge in [-0.15, -0.1) is 0 Å². The lowest BCUT2D eigenvalue weighted by Crippen LogP contribution is -2.43. The molecule has 0 unspecified atom stereocenters. The molecule has 0 aliphatic rings. The van der Waals surface area contributed by atoms with E-state index in [1.807, 2.05) is 31.2 Å². The van der Waals surface area contributed by atoms with Gasteiger partial charge in [0.15, 0.2) is 0 Å². The van der Waals surface area contributed by atoms with Crippen molar-refractivity contribution in [1.29, 1.82) is 0 Å². The molecule has 1 atom stereocenters. The normalized spacial score (nSPS) is 12.5. The van der Waals surface area contributed by atoms with Crippen molar-refractivity contribution in [3.8, 4) is 0 Å². The van der Waals surface area contributed by atoms with Gasteiger partial charge in [0.05, 0.1) is 6.04 Å². The first-order valence-electron chi connectivity index (χ1n) is 6.72. The molecule has 0 saturated heterocycles. The molecule has 106 valence electrons. The summed E-state index contributed by atoms with van der Waals surface area (Å²) in [7, 11) is 0. The molecule has 0 radical (unpaired) electrons. The van der Waals surface area contributed by atoms with E-state index in [9.17, 15) is 4.79 Å². The second kappa shape index (κ2) is 7.51. The van der Waals surface area contributed by atoms with Crippen molar-refractivity contribution in [3.05, 3.63) is 34.9 Å². The van der Waals surface area contributed by atoms with E-state index < -0.39 is 6.04 Å². The Morgan fingerprint density at radius 3 is 2.63 bits per heavy atom. The van der Waals surface area contributed by atoms with Crippen LogP contribution in [0.15, 0.2) is 24.3 Å². The largest absolute Gasteiger partial charge is 0.337 e. The molecule has 0 saturated carbocycles. The molecule has 19 heavy (non-hydrogen) atoms. The highest BCUT2D eigenvalue weighted by molar-refractivity contribution is 6.30. The number of halogens is 1. The van der Waals surface area contributed by atoms with E-state index in [0.717, 1.165) is 5.56 Å². The molecule has 4 heteroatoms. The molecule has 1 rings (SSSR count). The maximum Gasteiger partial charge on any atom is 0.239 e. The van der Waals surface area contributed by atoms with Gasteiger partial charge in [0.1, 0.15) is 0 Å². The maximum absolute atomic E-state index is 12.3. The quantitative estimate of drug-likeness (QED) is 0.872. The highest BCUT2D eigenvalue weighted by Crippen LogP contribution is 2.14. The fourth-order valence-electron chi connectivity index (χ4n) is 2.04.